The lowest BCUT2D eigenvalue weighted by atomic mass is 9.94. The van der Waals surface area contributed by atoms with E-state index in [2.05, 4.69) is 4.57 Å². The van der Waals surface area contributed by atoms with Crippen molar-refractivity contribution in [1.29, 1.82) is 0 Å². The summed E-state index contributed by atoms with van der Waals surface area (Å²) in [7, 11) is 1.77. The van der Waals surface area contributed by atoms with Crippen molar-refractivity contribution in [3.8, 4) is 28.3 Å². The quantitative estimate of drug-likeness (QED) is 0.171. The molecule has 9 heteroatoms. The maximum atomic E-state index is 16.0. The lowest BCUT2D eigenvalue weighted by Gasteiger charge is -2.25. The van der Waals surface area contributed by atoms with Gasteiger partial charge < -0.3 is 19.3 Å². The standard InChI is InChI=1S/C38H37ClFN3O4/c1-23(2)42(3)37(44)25-11-16-31(24-9-13-28(39)14-10-24)27(19-25)22-47-30-15-17-32(33(40)21-30)36-41-34-20-26(38(45)46)12-18-35(34)43(36)29-7-5-4-6-8-29/h9-21,23,29H,4-8,22H2,1-3H3,(H,45,46). The minimum Gasteiger partial charge on any atom is -0.489 e. The van der Waals surface area contributed by atoms with E-state index >= 15 is 4.39 Å². The lowest BCUT2D eigenvalue weighted by Crippen LogP contribution is -2.33. The number of hydrogen-bond acceptors (Lipinski definition) is 4. The van der Waals surface area contributed by atoms with Gasteiger partial charge in [-0.25, -0.2) is 14.2 Å². The van der Waals surface area contributed by atoms with Gasteiger partial charge in [0.2, 0.25) is 0 Å². The molecule has 1 amide bonds. The highest BCUT2D eigenvalue weighted by Crippen LogP contribution is 2.38. The Hall–Kier alpha value is -4.69. The Kier molecular flexibility index (Phi) is 9.32. The van der Waals surface area contributed by atoms with E-state index in [1.807, 2.05) is 50.2 Å². The van der Waals surface area contributed by atoms with Gasteiger partial charge in [-0.3, -0.25) is 4.79 Å². The molecule has 5 aromatic rings. The number of nitrogens with zero attached hydrogens (tertiary/aromatic N) is 3. The van der Waals surface area contributed by atoms with Gasteiger partial charge in [-0.05, 0) is 98.0 Å². The van der Waals surface area contributed by atoms with Crippen LogP contribution < -0.4 is 4.74 Å². The zero-order chi connectivity index (χ0) is 33.2. The smallest absolute Gasteiger partial charge is 0.335 e. The maximum Gasteiger partial charge on any atom is 0.335 e. The molecule has 242 valence electrons. The van der Waals surface area contributed by atoms with Crippen molar-refractivity contribution in [2.75, 3.05) is 7.05 Å². The van der Waals surface area contributed by atoms with Crippen LogP contribution >= 0.6 is 11.6 Å². The monoisotopic (exact) mass is 653 g/mol. The molecule has 0 spiro atoms. The van der Waals surface area contributed by atoms with Crippen molar-refractivity contribution in [3.05, 3.63) is 106 Å². The van der Waals surface area contributed by atoms with Crippen LogP contribution in [0, 0.1) is 5.82 Å². The second kappa shape index (κ2) is 13.6. The molecule has 7 nitrogen and oxygen atoms in total. The molecule has 1 aromatic heterocycles. The van der Waals surface area contributed by atoms with E-state index < -0.39 is 11.8 Å². The predicted molar refractivity (Wildman–Crippen MR) is 183 cm³/mol. The Bertz CT molecular complexity index is 1950. The van der Waals surface area contributed by atoms with Crippen LogP contribution in [0.25, 0.3) is 33.5 Å². The first-order chi connectivity index (χ1) is 22.6. The highest BCUT2D eigenvalue weighted by atomic mass is 35.5. The van der Waals surface area contributed by atoms with Crippen molar-refractivity contribution in [3.63, 3.8) is 0 Å². The van der Waals surface area contributed by atoms with Gasteiger partial charge in [-0.2, -0.15) is 0 Å². The summed E-state index contributed by atoms with van der Waals surface area (Å²) in [6.45, 7) is 4.02. The van der Waals surface area contributed by atoms with E-state index in [4.69, 9.17) is 21.3 Å². The summed E-state index contributed by atoms with van der Waals surface area (Å²) in [5.41, 5.74) is 4.88. The molecule has 4 aromatic carbocycles. The molecule has 6 rings (SSSR count). The van der Waals surface area contributed by atoms with Crippen molar-refractivity contribution in [1.82, 2.24) is 14.5 Å². The first kappa shape index (κ1) is 32.3. The largest absolute Gasteiger partial charge is 0.489 e. The molecular weight excluding hydrogens is 617 g/mol. The fourth-order valence-corrected chi connectivity index (χ4v) is 6.38. The normalized spacial score (nSPS) is 13.7. The van der Waals surface area contributed by atoms with Gasteiger partial charge >= 0.3 is 5.97 Å². The molecule has 47 heavy (non-hydrogen) atoms. The Balaban J connectivity index is 1.33. The number of ether oxygens (including phenoxy) is 1. The summed E-state index contributed by atoms with van der Waals surface area (Å²) in [5, 5.41) is 10.2. The van der Waals surface area contributed by atoms with Crippen molar-refractivity contribution >= 4 is 34.5 Å². The molecule has 0 saturated heterocycles. The summed E-state index contributed by atoms with van der Waals surface area (Å²) in [4.78, 5) is 31.3. The van der Waals surface area contributed by atoms with Crippen LogP contribution in [0.5, 0.6) is 5.75 Å². The van der Waals surface area contributed by atoms with E-state index in [-0.39, 0.29) is 30.2 Å². The number of amides is 1. The zero-order valence-electron chi connectivity index (χ0n) is 26.7. The Morgan fingerprint density at radius 1 is 0.957 bits per heavy atom. The highest BCUT2D eigenvalue weighted by Gasteiger charge is 2.25. The molecule has 0 atom stereocenters. The van der Waals surface area contributed by atoms with E-state index in [1.54, 1.807) is 48.3 Å². The summed E-state index contributed by atoms with van der Waals surface area (Å²) in [6.07, 6.45) is 5.21. The third-order valence-corrected chi connectivity index (χ3v) is 9.31. The number of halogens is 2. The molecule has 1 heterocycles. The van der Waals surface area contributed by atoms with Crippen LogP contribution in [0.4, 0.5) is 4.39 Å². The molecule has 1 N–H and O–H groups in total. The van der Waals surface area contributed by atoms with E-state index in [9.17, 15) is 14.7 Å². The molecule has 0 unspecified atom stereocenters. The predicted octanol–water partition coefficient (Wildman–Crippen LogP) is 9.43. The van der Waals surface area contributed by atoms with Gasteiger partial charge in [0.15, 0.2) is 0 Å². The topological polar surface area (TPSA) is 84.7 Å². The number of aromatic carboxylic acids is 1. The first-order valence-electron chi connectivity index (χ1n) is 15.9. The van der Waals surface area contributed by atoms with Crippen LogP contribution in [-0.4, -0.2) is 44.5 Å². The summed E-state index contributed by atoms with van der Waals surface area (Å²) < 4.78 is 24.2. The maximum absolute atomic E-state index is 16.0. The van der Waals surface area contributed by atoms with Crippen LogP contribution in [0.1, 0.15) is 78.3 Å². The van der Waals surface area contributed by atoms with Crippen molar-refractivity contribution in [2.45, 2.75) is 64.6 Å². The van der Waals surface area contributed by atoms with Crippen LogP contribution in [0.2, 0.25) is 5.02 Å². The number of hydrogen-bond donors (Lipinski definition) is 1. The summed E-state index contributed by atoms with van der Waals surface area (Å²) in [5.74, 6) is -0.819. The summed E-state index contributed by atoms with van der Waals surface area (Å²) >= 11 is 6.14. The van der Waals surface area contributed by atoms with E-state index in [0.717, 1.165) is 54.3 Å². The summed E-state index contributed by atoms with van der Waals surface area (Å²) in [6, 6.07) is 22.8. The number of imidazole rings is 1. The van der Waals surface area contributed by atoms with Gasteiger partial charge in [0.25, 0.3) is 5.91 Å². The molecule has 0 aliphatic heterocycles. The Morgan fingerprint density at radius 3 is 2.34 bits per heavy atom. The molecule has 1 saturated carbocycles. The third kappa shape index (κ3) is 6.74. The van der Waals surface area contributed by atoms with Gasteiger partial charge in [-0.15, -0.1) is 0 Å². The molecule has 1 aliphatic carbocycles. The second-order valence-electron chi connectivity index (χ2n) is 12.4. The molecule has 0 radical (unpaired) electrons. The second-order valence-corrected chi connectivity index (χ2v) is 12.9. The molecule has 0 bridgehead atoms. The average molecular weight is 654 g/mol. The number of aromatic nitrogens is 2. The number of fused-ring (bicyclic) bond motifs is 1. The highest BCUT2D eigenvalue weighted by molar-refractivity contribution is 6.30. The molecule has 1 aliphatic rings. The van der Waals surface area contributed by atoms with Crippen molar-refractivity contribution < 1.29 is 23.8 Å². The van der Waals surface area contributed by atoms with Crippen molar-refractivity contribution in [2.24, 2.45) is 0 Å². The number of rotatable bonds is 9. The van der Waals surface area contributed by atoms with E-state index in [0.29, 0.717) is 33.2 Å². The minimum atomic E-state index is -1.03. The SMILES string of the molecule is CC(C)N(C)C(=O)c1ccc(-c2ccc(Cl)cc2)c(COc2ccc(-c3nc4cc(C(=O)O)ccc4n3C3CCCCC3)c(F)c2)c1. The number of carbonyl (C=O) groups is 2. The van der Waals surface area contributed by atoms with Crippen LogP contribution in [0.15, 0.2) is 78.9 Å². The molecular formula is C38H37ClFN3O4. The Morgan fingerprint density at radius 2 is 1.66 bits per heavy atom. The van der Waals surface area contributed by atoms with Crippen LogP contribution in [-0.2, 0) is 6.61 Å². The fourth-order valence-electron chi connectivity index (χ4n) is 6.25. The molecule has 1 fully saturated rings. The third-order valence-electron chi connectivity index (χ3n) is 9.05. The average Bonchev–Trinajstić information content (AvgIpc) is 3.46. The van der Waals surface area contributed by atoms with Gasteiger partial charge in [-0.1, -0.05) is 49.1 Å². The number of carboxylic acid groups (broad SMARTS) is 1. The number of benzene rings is 4. The zero-order valence-corrected chi connectivity index (χ0v) is 27.4. The van der Waals surface area contributed by atoms with Gasteiger partial charge in [0.05, 0.1) is 22.2 Å². The van der Waals surface area contributed by atoms with Gasteiger partial charge in [0.1, 0.15) is 24.0 Å². The van der Waals surface area contributed by atoms with Gasteiger partial charge in [0, 0.05) is 35.8 Å². The number of carboxylic acids is 1. The minimum absolute atomic E-state index is 0.0325. The van der Waals surface area contributed by atoms with E-state index in [1.165, 1.54) is 6.07 Å². The number of carbonyl (C=O) groups excluding carboxylic acids is 1. The fraction of sp³-hybridized carbons (Fsp3) is 0.289. The Labute approximate surface area is 278 Å². The first-order valence-corrected chi connectivity index (χ1v) is 16.3. The van der Waals surface area contributed by atoms with Crippen LogP contribution in [0.3, 0.4) is 0 Å². The lowest BCUT2D eigenvalue weighted by molar-refractivity contribution is 0.0695.